The van der Waals surface area contributed by atoms with Crippen LogP contribution < -0.4 is 19.5 Å². The third-order valence-corrected chi connectivity index (χ3v) is 4.48. The van der Waals surface area contributed by atoms with Crippen LogP contribution in [-0.4, -0.2) is 33.3 Å². The highest BCUT2D eigenvalue weighted by molar-refractivity contribution is 5.76. The van der Waals surface area contributed by atoms with Gasteiger partial charge in [0, 0.05) is 12.5 Å². The number of carbonyl (C=O) groups is 1. The molecule has 1 unspecified atom stereocenters. The molecule has 0 aliphatic heterocycles. The Morgan fingerprint density at radius 3 is 2.11 bits per heavy atom. The van der Waals surface area contributed by atoms with E-state index in [-0.39, 0.29) is 11.9 Å². The second-order valence-corrected chi connectivity index (χ2v) is 6.53. The Labute approximate surface area is 161 Å². The number of nitrogens with one attached hydrogen (secondary N) is 1. The van der Waals surface area contributed by atoms with Crippen molar-refractivity contribution in [1.29, 1.82) is 0 Å². The zero-order valence-corrected chi connectivity index (χ0v) is 16.6. The van der Waals surface area contributed by atoms with Gasteiger partial charge >= 0.3 is 0 Å². The standard InChI is InChI=1S/C22H29NO4/c1-16(10-11-17-8-6-5-7-9-17)23-21(24)13-12-18-14-19(25-2)22(27-4)20(15-18)26-3/h5-9,14-16H,10-13H2,1-4H3,(H,23,24). The summed E-state index contributed by atoms with van der Waals surface area (Å²) in [5, 5.41) is 3.07. The number of rotatable bonds is 10. The van der Waals surface area contributed by atoms with Crippen molar-refractivity contribution < 1.29 is 19.0 Å². The Balaban J connectivity index is 1.85. The molecule has 0 aromatic heterocycles. The van der Waals surface area contributed by atoms with Crippen molar-refractivity contribution in [3.63, 3.8) is 0 Å². The van der Waals surface area contributed by atoms with Crippen molar-refractivity contribution in [2.45, 2.75) is 38.6 Å². The zero-order chi connectivity index (χ0) is 19.6. The van der Waals surface area contributed by atoms with Gasteiger partial charge in [0.1, 0.15) is 0 Å². The van der Waals surface area contributed by atoms with E-state index in [1.165, 1.54) is 5.56 Å². The summed E-state index contributed by atoms with van der Waals surface area (Å²) < 4.78 is 16.0. The average Bonchev–Trinajstić information content (AvgIpc) is 2.70. The fraction of sp³-hybridized carbons (Fsp3) is 0.409. The van der Waals surface area contributed by atoms with Crippen LogP contribution in [0.3, 0.4) is 0 Å². The SMILES string of the molecule is COc1cc(CCC(=O)NC(C)CCc2ccccc2)cc(OC)c1OC. The zero-order valence-electron chi connectivity index (χ0n) is 16.6. The normalized spacial score (nSPS) is 11.6. The maximum absolute atomic E-state index is 12.3. The number of benzene rings is 2. The third kappa shape index (κ3) is 6.20. The molecule has 0 radical (unpaired) electrons. The topological polar surface area (TPSA) is 56.8 Å². The summed E-state index contributed by atoms with van der Waals surface area (Å²) in [6.45, 7) is 2.04. The van der Waals surface area contributed by atoms with Gasteiger partial charge in [-0.3, -0.25) is 4.79 Å². The summed E-state index contributed by atoms with van der Waals surface area (Å²) in [4.78, 5) is 12.3. The van der Waals surface area contributed by atoms with E-state index in [9.17, 15) is 4.79 Å². The van der Waals surface area contributed by atoms with Crippen molar-refractivity contribution in [3.05, 3.63) is 53.6 Å². The molecule has 0 heterocycles. The van der Waals surface area contributed by atoms with E-state index >= 15 is 0 Å². The summed E-state index contributed by atoms with van der Waals surface area (Å²) in [7, 11) is 4.74. The molecule has 0 fully saturated rings. The van der Waals surface area contributed by atoms with E-state index in [1.807, 2.05) is 37.3 Å². The van der Waals surface area contributed by atoms with Crippen LogP contribution in [0.25, 0.3) is 0 Å². The minimum atomic E-state index is 0.0457. The summed E-state index contributed by atoms with van der Waals surface area (Å²) >= 11 is 0. The van der Waals surface area contributed by atoms with Crippen molar-refractivity contribution in [3.8, 4) is 17.2 Å². The molecule has 0 aliphatic carbocycles. The van der Waals surface area contributed by atoms with Crippen LogP contribution in [0.5, 0.6) is 17.2 Å². The van der Waals surface area contributed by atoms with Gasteiger partial charge in [0.05, 0.1) is 21.3 Å². The number of methoxy groups -OCH3 is 3. The Morgan fingerprint density at radius 1 is 0.926 bits per heavy atom. The second-order valence-electron chi connectivity index (χ2n) is 6.53. The van der Waals surface area contributed by atoms with Crippen LogP contribution in [0.15, 0.2) is 42.5 Å². The predicted molar refractivity (Wildman–Crippen MR) is 107 cm³/mol. The fourth-order valence-corrected chi connectivity index (χ4v) is 2.98. The molecule has 0 saturated carbocycles. The molecule has 27 heavy (non-hydrogen) atoms. The van der Waals surface area contributed by atoms with Gasteiger partial charge in [-0.25, -0.2) is 0 Å². The van der Waals surface area contributed by atoms with Gasteiger partial charge in [-0.05, 0) is 49.4 Å². The fourth-order valence-electron chi connectivity index (χ4n) is 2.98. The highest BCUT2D eigenvalue weighted by atomic mass is 16.5. The second kappa shape index (κ2) is 10.5. The molecule has 1 amide bonds. The Kier molecular flexibility index (Phi) is 7.99. The van der Waals surface area contributed by atoms with Crippen molar-refractivity contribution in [2.24, 2.45) is 0 Å². The van der Waals surface area contributed by atoms with E-state index < -0.39 is 0 Å². The number of amides is 1. The molecule has 0 bridgehead atoms. The molecule has 0 saturated heterocycles. The minimum absolute atomic E-state index is 0.0457. The summed E-state index contributed by atoms with van der Waals surface area (Å²) in [6.07, 6.45) is 2.89. The van der Waals surface area contributed by atoms with E-state index in [0.717, 1.165) is 18.4 Å². The van der Waals surface area contributed by atoms with Crippen LogP contribution in [0.2, 0.25) is 0 Å². The average molecular weight is 371 g/mol. The molecule has 146 valence electrons. The summed E-state index contributed by atoms with van der Waals surface area (Å²) in [5.74, 6) is 1.80. The molecule has 1 N–H and O–H groups in total. The molecule has 2 aromatic carbocycles. The van der Waals surface area contributed by atoms with Crippen molar-refractivity contribution in [1.82, 2.24) is 5.32 Å². The largest absolute Gasteiger partial charge is 0.493 e. The lowest BCUT2D eigenvalue weighted by Gasteiger charge is -2.15. The highest BCUT2D eigenvalue weighted by Gasteiger charge is 2.14. The van der Waals surface area contributed by atoms with E-state index in [4.69, 9.17) is 14.2 Å². The number of carbonyl (C=O) groups excluding carboxylic acids is 1. The van der Waals surface area contributed by atoms with Gasteiger partial charge in [-0.2, -0.15) is 0 Å². The van der Waals surface area contributed by atoms with Crippen molar-refractivity contribution >= 4 is 5.91 Å². The number of aryl methyl sites for hydroxylation is 2. The molecule has 5 heteroatoms. The van der Waals surface area contributed by atoms with Crippen LogP contribution in [0, 0.1) is 0 Å². The van der Waals surface area contributed by atoms with Crippen LogP contribution in [0.1, 0.15) is 30.9 Å². The van der Waals surface area contributed by atoms with Crippen LogP contribution in [0.4, 0.5) is 0 Å². The summed E-state index contributed by atoms with van der Waals surface area (Å²) in [5.41, 5.74) is 2.26. The lowest BCUT2D eigenvalue weighted by atomic mass is 10.1. The smallest absolute Gasteiger partial charge is 0.220 e. The van der Waals surface area contributed by atoms with E-state index in [2.05, 4.69) is 17.4 Å². The van der Waals surface area contributed by atoms with Gasteiger partial charge in [0.2, 0.25) is 11.7 Å². The van der Waals surface area contributed by atoms with Crippen molar-refractivity contribution in [2.75, 3.05) is 21.3 Å². The maximum Gasteiger partial charge on any atom is 0.220 e. The van der Waals surface area contributed by atoms with Gasteiger partial charge in [-0.1, -0.05) is 30.3 Å². The van der Waals surface area contributed by atoms with E-state index in [0.29, 0.717) is 30.1 Å². The lowest BCUT2D eigenvalue weighted by Crippen LogP contribution is -2.33. The number of hydrogen-bond acceptors (Lipinski definition) is 4. The van der Waals surface area contributed by atoms with Gasteiger partial charge in [0.25, 0.3) is 0 Å². The highest BCUT2D eigenvalue weighted by Crippen LogP contribution is 2.38. The Morgan fingerprint density at radius 2 is 1.56 bits per heavy atom. The Hall–Kier alpha value is -2.69. The maximum atomic E-state index is 12.3. The third-order valence-electron chi connectivity index (χ3n) is 4.48. The first-order valence-corrected chi connectivity index (χ1v) is 9.19. The van der Waals surface area contributed by atoms with Gasteiger partial charge in [0.15, 0.2) is 11.5 Å². The van der Waals surface area contributed by atoms with Gasteiger partial charge < -0.3 is 19.5 Å². The Bertz CT molecular complexity index is 705. The molecular formula is C22H29NO4. The molecule has 5 nitrogen and oxygen atoms in total. The first-order chi connectivity index (χ1) is 13.1. The monoisotopic (exact) mass is 371 g/mol. The first kappa shape index (κ1) is 20.6. The minimum Gasteiger partial charge on any atom is -0.493 e. The van der Waals surface area contributed by atoms with Crippen LogP contribution in [-0.2, 0) is 17.6 Å². The van der Waals surface area contributed by atoms with Gasteiger partial charge in [-0.15, -0.1) is 0 Å². The lowest BCUT2D eigenvalue weighted by molar-refractivity contribution is -0.121. The molecule has 0 aliphatic rings. The predicted octanol–water partition coefficient (Wildman–Crippen LogP) is 3.78. The number of hydrogen-bond donors (Lipinski definition) is 1. The number of ether oxygens (including phenoxy) is 3. The quantitative estimate of drug-likeness (QED) is 0.690. The van der Waals surface area contributed by atoms with Crippen LogP contribution >= 0.6 is 0 Å². The molecular weight excluding hydrogens is 342 g/mol. The van der Waals surface area contributed by atoms with E-state index in [1.54, 1.807) is 21.3 Å². The molecule has 2 rings (SSSR count). The molecule has 1 atom stereocenters. The first-order valence-electron chi connectivity index (χ1n) is 9.19. The molecule has 0 spiro atoms. The summed E-state index contributed by atoms with van der Waals surface area (Å²) in [6, 6.07) is 14.2. The molecule has 2 aromatic rings.